The number of hydrogen-bond acceptors (Lipinski definition) is 1. The molecule has 2 aliphatic heterocycles. The van der Waals surface area contributed by atoms with Crippen molar-refractivity contribution in [2.45, 2.75) is 209 Å². The van der Waals surface area contributed by atoms with Crippen LogP contribution in [-0.4, -0.2) is 20.8 Å². The second-order valence-electron chi connectivity index (χ2n) is 36.8. The largest absolute Gasteiger partial charge is 0.310 e. The molecule has 2 aliphatic rings. The van der Waals surface area contributed by atoms with Crippen molar-refractivity contribution in [3.63, 3.8) is 0 Å². The molecule has 0 amide bonds. The van der Waals surface area contributed by atoms with Crippen LogP contribution in [0.15, 0.2) is 170 Å². The first-order valence-corrected chi connectivity index (χ1v) is 35.1. The van der Waals surface area contributed by atoms with Gasteiger partial charge in [0, 0.05) is 55.7 Å². The van der Waals surface area contributed by atoms with Gasteiger partial charge in [0.2, 0.25) is 0 Å². The van der Waals surface area contributed by atoms with E-state index in [1.54, 1.807) is 0 Å². The van der Waals surface area contributed by atoms with Crippen molar-refractivity contribution in [3.05, 3.63) is 214 Å². The number of benzene rings is 9. The molecule has 482 valence electrons. The van der Waals surface area contributed by atoms with Crippen molar-refractivity contribution < 1.29 is 0 Å². The van der Waals surface area contributed by atoms with E-state index in [2.05, 4.69) is 333 Å². The maximum atomic E-state index is 5.19. The lowest BCUT2D eigenvalue weighted by atomic mass is 9.34. The highest BCUT2D eigenvalue weighted by Crippen LogP contribution is 2.49. The van der Waals surface area contributed by atoms with Crippen LogP contribution in [0.1, 0.15) is 211 Å². The van der Waals surface area contributed by atoms with Gasteiger partial charge in [0.15, 0.2) is 0 Å². The molecule has 12 aromatic rings. The van der Waals surface area contributed by atoms with E-state index in [1.165, 1.54) is 160 Å². The lowest BCUT2D eigenvalue weighted by Gasteiger charge is -2.34. The molecule has 0 bridgehead atoms. The molecule has 0 N–H and O–H groups in total. The van der Waals surface area contributed by atoms with E-state index < -0.39 is 0 Å². The summed E-state index contributed by atoms with van der Waals surface area (Å²) >= 11 is 0. The summed E-state index contributed by atoms with van der Waals surface area (Å²) in [4.78, 5) is 5.19. The Bertz CT molecular complexity index is 4740. The molecule has 0 aliphatic carbocycles. The normalized spacial score (nSPS) is 13.9. The summed E-state index contributed by atoms with van der Waals surface area (Å²) in [5.74, 6) is 0. The maximum Gasteiger partial charge on any atom is 0.252 e. The summed E-state index contributed by atoms with van der Waals surface area (Å²) in [6.45, 7) is 56.5. The van der Waals surface area contributed by atoms with Gasteiger partial charge < -0.3 is 9.13 Å². The molecular formula is C91H100BN3. The molecule has 14 rings (SSSR count). The average Bonchev–Trinajstić information content (AvgIpc) is 1.55. The molecule has 0 unspecified atom stereocenters. The summed E-state index contributed by atoms with van der Waals surface area (Å²) in [6.07, 6.45) is 1.95. The van der Waals surface area contributed by atoms with Crippen molar-refractivity contribution in [3.8, 4) is 67.1 Å². The van der Waals surface area contributed by atoms with E-state index in [9.17, 15) is 0 Å². The highest BCUT2D eigenvalue weighted by Gasteiger charge is 2.43. The zero-order valence-electron chi connectivity index (χ0n) is 61.6. The van der Waals surface area contributed by atoms with Gasteiger partial charge in [-0.15, -0.1) is 0 Å². The molecule has 9 aromatic carbocycles. The van der Waals surface area contributed by atoms with Crippen molar-refractivity contribution >= 4 is 66.7 Å². The minimum Gasteiger partial charge on any atom is -0.310 e. The second kappa shape index (κ2) is 21.1. The minimum absolute atomic E-state index is 0.0377. The number of fused-ring (bicyclic) bond motifs is 10. The lowest BCUT2D eigenvalue weighted by Crippen LogP contribution is -2.59. The second-order valence-corrected chi connectivity index (χ2v) is 36.8. The van der Waals surface area contributed by atoms with Crippen molar-refractivity contribution in [2.24, 2.45) is 0 Å². The Morgan fingerprint density at radius 3 is 0.895 bits per heavy atom. The van der Waals surface area contributed by atoms with Crippen LogP contribution in [0, 0.1) is 0 Å². The minimum atomic E-state index is -0.105. The van der Waals surface area contributed by atoms with Gasteiger partial charge in [0.05, 0.1) is 16.7 Å². The third kappa shape index (κ3) is 10.8. The summed E-state index contributed by atoms with van der Waals surface area (Å²) < 4.78 is 5.36. The molecule has 5 heterocycles. The molecular weight excluding hydrogens is 1150 g/mol. The number of aromatic nitrogens is 3. The molecule has 4 heteroatoms. The first-order chi connectivity index (χ1) is 44.1. The standard InChI is InChI=1S/C91H100BN3/c1-84(2,3)60-37-55(38-61(49-60)85(4,5)6)53-28-34-75-70(45-53)79-68(57-41-64(88(13,14)15)51-65(42-57)89(16,17)18)30-32-72-82(79)94(75)77-47-59(74-27-25-26-36-93-74)48-78-81(77)92(72)73-33-31-69(58-43-66(90(19,20)21)52-67(44-58)91(22,23)24)80-71-46-54(29-35-76(71)95(78)83(73)80)56-39-62(86(7,8)9)50-63(40-56)87(10,11)12/h25-52H,1-24H3. The fourth-order valence-corrected chi connectivity index (χ4v) is 15.2. The van der Waals surface area contributed by atoms with Crippen LogP contribution in [0.2, 0.25) is 0 Å². The number of hydrogen-bond donors (Lipinski definition) is 0. The van der Waals surface area contributed by atoms with E-state index in [1.807, 2.05) is 12.3 Å². The fourth-order valence-electron chi connectivity index (χ4n) is 15.2. The molecule has 0 atom stereocenters. The predicted octanol–water partition coefficient (Wildman–Crippen LogP) is 23.1. The Morgan fingerprint density at radius 2 is 0.600 bits per heavy atom. The first-order valence-electron chi connectivity index (χ1n) is 35.1. The summed E-state index contributed by atoms with van der Waals surface area (Å²) in [7, 11) is 0. The quantitative estimate of drug-likeness (QED) is 0.158. The van der Waals surface area contributed by atoms with Gasteiger partial charge >= 0.3 is 0 Å². The Kier molecular flexibility index (Phi) is 14.3. The van der Waals surface area contributed by atoms with Crippen LogP contribution in [0.4, 0.5) is 0 Å². The van der Waals surface area contributed by atoms with Crippen LogP contribution < -0.4 is 16.4 Å². The zero-order valence-corrected chi connectivity index (χ0v) is 61.6. The van der Waals surface area contributed by atoms with Gasteiger partial charge in [-0.3, -0.25) is 4.98 Å². The topological polar surface area (TPSA) is 22.8 Å². The Balaban J connectivity index is 1.16. The molecule has 0 fully saturated rings. The Labute approximate surface area is 568 Å². The fraction of sp³-hybridized carbons (Fsp3) is 0.352. The van der Waals surface area contributed by atoms with Gasteiger partial charge in [0.25, 0.3) is 6.71 Å². The Morgan fingerprint density at radius 1 is 0.284 bits per heavy atom. The highest BCUT2D eigenvalue weighted by molar-refractivity contribution is 7.00. The average molecular weight is 1250 g/mol. The molecule has 0 radical (unpaired) electrons. The van der Waals surface area contributed by atoms with Crippen molar-refractivity contribution in [1.29, 1.82) is 0 Å². The number of pyridine rings is 1. The number of rotatable bonds is 5. The zero-order chi connectivity index (χ0) is 68.1. The van der Waals surface area contributed by atoms with Gasteiger partial charge in [0.1, 0.15) is 0 Å². The molecule has 95 heavy (non-hydrogen) atoms. The summed E-state index contributed by atoms with van der Waals surface area (Å²) in [6, 6.07) is 66.0. The predicted molar refractivity (Wildman–Crippen MR) is 414 cm³/mol. The maximum absolute atomic E-state index is 5.19. The van der Waals surface area contributed by atoms with E-state index in [4.69, 9.17) is 4.98 Å². The summed E-state index contributed by atoms with van der Waals surface area (Å²) in [5, 5.41) is 5.12. The van der Waals surface area contributed by atoms with Crippen LogP contribution in [0.25, 0.3) is 111 Å². The van der Waals surface area contributed by atoms with E-state index in [-0.39, 0.29) is 50.0 Å². The third-order valence-electron chi connectivity index (χ3n) is 21.3. The third-order valence-corrected chi connectivity index (χ3v) is 21.3. The number of nitrogens with zero attached hydrogens (tertiary/aromatic N) is 3. The van der Waals surface area contributed by atoms with E-state index in [0.29, 0.717) is 0 Å². The van der Waals surface area contributed by atoms with Gasteiger partial charge in [-0.25, -0.2) is 0 Å². The van der Waals surface area contributed by atoms with Crippen LogP contribution in [-0.2, 0) is 43.3 Å². The molecule has 0 saturated carbocycles. The summed E-state index contributed by atoms with van der Waals surface area (Å²) in [5.41, 5.74) is 33.8. The van der Waals surface area contributed by atoms with Crippen LogP contribution in [0.3, 0.4) is 0 Å². The SMILES string of the molecule is CC(C)(C)c1cc(-c2ccc3c(c2)c2c(-c4cc(C(C)(C)C)cc(C(C)(C)C)c4)ccc4c2n3-c2cc(-c3ccccn3)cc3c2B4c2ccc(-c4cc(C(C)(C)C)cc(C(C)(C)C)c4)c4c5cc(-c6cc(C(C)(C)C)cc(C(C)(C)C)c6)ccc5n-3c24)cc(C(C)(C)C)c1. The van der Waals surface area contributed by atoms with E-state index >= 15 is 0 Å². The molecule has 0 spiro atoms. The van der Waals surface area contributed by atoms with Gasteiger partial charge in [-0.1, -0.05) is 281 Å². The lowest BCUT2D eigenvalue weighted by molar-refractivity contribution is 0.568. The van der Waals surface area contributed by atoms with Crippen LogP contribution >= 0.6 is 0 Å². The molecule has 3 nitrogen and oxygen atoms in total. The van der Waals surface area contributed by atoms with E-state index in [0.717, 1.165) is 11.3 Å². The van der Waals surface area contributed by atoms with Gasteiger partial charge in [-0.05, 0) is 197 Å². The molecule has 0 saturated heterocycles. The first kappa shape index (κ1) is 64.2. The monoisotopic (exact) mass is 1250 g/mol. The highest BCUT2D eigenvalue weighted by atomic mass is 15.0. The molecule has 3 aromatic heterocycles. The van der Waals surface area contributed by atoms with Crippen molar-refractivity contribution in [1.82, 2.24) is 14.1 Å². The van der Waals surface area contributed by atoms with Crippen LogP contribution in [0.5, 0.6) is 0 Å². The van der Waals surface area contributed by atoms with Gasteiger partial charge in [-0.2, -0.15) is 0 Å². The van der Waals surface area contributed by atoms with Crippen molar-refractivity contribution in [2.75, 3.05) is 0 Å². The Hall–Kier alpha value is -8.21. The smallest absolute Gasteiger partial charge is 0.252 e.